The van der Waals surface area contributed by atoms with Gasteiger partial charge in [-0.1, -0.05) is 19.1 Å². The predicted molar refractivity (Wildman–Crippen MR) is 114 cm³/mol. The average Bonchev–Trinajstić information content (AvgIpc) is 3.04. The number of hydrogen-bond acceptors (Lipinski definition) is 6. The second kappa shape index (κ2) is 11.9. The molecular formula is C18H34Cl2N6O2. The number of nitrogens with one attached hydrogen (secondary N) is 2. The van der Waals surface area contributed by atoms with Gasteiger partial charge in [-0.05, 0) is 38.8 Å². The van der Waals surface area contributed by atoms with Crippen LogP contribution in [0.25, 0.3) is 0 Å². The van der Waals surface area contributed by atoms with Crippen LogP contribution in [0.1, 0.15) is 48.9 Å². The summed E-state index contributed by atoms with van der Waals surface area (Å²) in [6, 6.07) is 0.643. The van der Waals surface area contributed by atoms with Gasteiger partial charge in [0.2, 0.25) is 0 Å². The van der Waals surface area contributed by atoms with Crippen molar-refractivity contribution in [1.29, 1.82) is 0 Å². The summed E-state index contributed by atoms with van der Waals surface area (Å²) in [4.78, 5) is 15.1. The van der Waals surface area contributed by atoms with E-state index in [1.807, 2.05) is 11.6 Å². The molecule has 0 radical (unpaired) electrons. The van der Waals surface area contributed by atoms with E-state index in [-0.39, 0.29) is 30.7 Å². The Labute approximate surface area is 179 Å². The number of piperidine rings is 1. The van der Waals surface area contributed by atoms with E-state index < -0.39 is 0 Å². The van der Waals surface area contributed by atoms with Gasteiger partial charge in [-0.25, -0.2) is 4.68 Å². The van der Waals surface area contributed by atoms with Crippen LogP contribution in [-0.4, -0.2) is 77.8 Å². The van der Waals surface area contributed by atoms with Crippen LogP contribution in [0.15, 0.2) is 0 Å². The molecule has 2 fully saturated rings. The highest BCUT2D eigenvalue weighted by Gasteiger charge is 2.26. The minimum atomic E-state index is -0.124. The van der Waals surface area contributed by atoms with Crippen molar-refractivity contribution < 1.29 is 9.53 Å². The molecule has 1 aromatic rings. The molecule has 0 bridgehead atoms. The fourth-order valence-corrected chi connectivity index (χ4v) is 3.93. The maximum Gasteiger partial charge on any atom is 0.273 e. The molecule has 28 heavy (non-hydrogen) atoms. The number of halogens is 2. The van der Waals surface area contributed by atoms with Gasteiger partial charge in [0.15, 0.2) is 5.69 Å². The van der Waals surface area contributed by atoms with Gasteiger partial charge in [0.25, 0.3) is 5.91 Å². The van der Waals surface area contributed by atoms with Crippen LogP contribution in [-0.2, 0) is 4.74 Å². The van der Waals surface area contributed by atoms with Crippen molar-refractivity contribution in [3.63, 3.8) is 0 Å². The van der Waals surface area contributed by atoms with Crippen LogP contribution in [0.3, 0.4) is 0 Å². The van der Waals surface area contributed by atoms with E-state index in [1.165, 1.54) is 0 Å². The summed E-state index contributed by atoms with van der Waals surface area (Å²) in [7, 11) is 0. The van der Waals surface area contributed by atoms with E-state index >= 15 is 0 Å². The SMILES string of the molecule is Cc1c(C(=O)NCC(C(C)C)N2CCOCC2)nnn1C1CCNCC1.Cl.Cl. The minimum absolute atomic E-state index is 0. The van der Waals surface area contributed by atoms with Crippen molar-refractivity contribution in [2.24, 2.45) is 5.92 Å². The first-order chi connectivity index (χ1) is 12.6. The van der Waals surface area contributed by atoms with Crippen LogP contribution < -0.4 is 10.6 Å². The van der Waals surface area contributed by atoms with E-state index in [9.17, 15) is 4.79 Å². The Morgan fingerprint density at radius 2 is 1.89 bits per heavy atom. The molecule has 1 aromatic heterocycles. The smallest absolute Gasteiger partial charge is 0.273 e. The summed E-state index contributed by atoms with van der Waals surface area (Å²) in [6.07, 6.45) is 2.05. The molecular weight excluding hydrogens is 403 g/mol. The summed E-state index contributed by atoms with van der Waals surface area (Å²) in [6.45, 7) is 12.3. The van der Waals surface area contributed by atoms with Crippen LogP contribution in [0.4, 0.5) is 0 Å². The number of morpholine rings is 1. The molecule has 2 aliphatic rings. The lowest BCUT2D eigenvalue weighted by atomic mass is 10.0. The normalized spacial score (nSPS) is 19.6. The van der Waals surface area contributed by atoms with Crippen molar-refractivity contribution in [3.8, 4) is 0 Å². The van der Waals surface area contributed by atoms with Crippen molar-refractivity contribution >= 4 is 30.7 Å². The van der Waals surface area contributed by atoms with Gasteiger partial charge >= 0.3 is 0 Å². The Bertz CT molecular complexity index is 601. The van der Waals surface area contributed by atoms with Gasteiger partial charge in [-0.15, -0.1) is 29.9 Å². The number of nitrogens with zero attached hydrogens (tertiary/aromatic N) is 4. The van der Waals surface area contributed by atoms with E-state index in [4.69, 9.17) is 4.74 Å². The molecule has 2 saturated heterocycles. The molecule has 10 heteroatoms. The highest BCUT2D eigenvalue weighted by molar-refractivity contribution is 5.93. The molecule has 1 amide bonds. The maximum atomic E-state index is 12.7. The first-order valence-corrected chi connectivity index (χ1v) is 9.80. The van der Waals surface area contributed by atoms with Gasteiger partial charge in [-0.2, -0.15) is 0 Å². The Kier molecular flexibility index (Phi) is 10.7. The van der Waals surface area contributed by atoms with Crippen molar-refractivity contribution in [2.45, 2.75) is 45.7 Å². The third-order valence-electron chi connectivity index (χ3n) is 5.55. The molecule has 3 heterocycles. The Morgan fingerprint density at radius 1 is 1.25 bits per heavy atom. The highest BCUT2D eigenvalue weighted by Crippen LogP contribution is 2.20. The summed E-state index contributed by atoms with van der Waals surface area (Å²) in [5.41, 5.74) is 1.31. The summed E-state index contributed by atoms with van der Waals surface area (Å²) < 4.78 is 7.37. The van der Waals surface area contributed by atoms with E-state index in [2.05, 4.69) is 39.7 Å². The maximum absolute atomic E-state index is 12.7. The van der Waals surface area contributed by atoms with Crippen LogP contribution >= 0.6 is 24.8 Å². The van der Waals surface area contributed by atoms with Crippen molar-refractivity contribution in [1.82, 2.24) is 30.5 Å². The number of ether oxygens (including phenoxy) is 1. The molecule has 0 spiro atoms. The third kappa shape index (κ3) is 6.03. The van der Waals surface area contributed by atoms with E-state index in [0.717, 1.165) is 57.9 Å². The predicted octanol–water partition coefficient (Wildman–Crippen LogP) is 1.44. The molecule has 1 unspecified atom stereocenters. The third-order valence-corrected chi connectivity index (χ3v) is 5.55. The summed E-state index contributed by atoms with van der Waals surface area (Å²) in [5.74, 6) is 0.335. The number of aromatic nitrogens is 3. The van der Waals surface area contributed by atoms with Crippen LogP contribution in [0.5, 0.6) is 0 Å². The zero-order valence-electron chi connectivity index (χ0n) is 17.0. The minimum Gasteiger partial charge on any atom is -0.379 e. The second-order valence-electron chi connectivity index (χ2n) is 7.62. The van der Waals surface area contributed by atoms with Gasteiger partial charge in [0, 0.05) is 25.7 Å². The molecule has 162 valence electrons. The van der Waals surface area contributed by atoms with Gasteiger partial charge in [0.1, 0.15) is 0 Å². The average molecular weight is 437 g/mol. The molecule has 1 atom stereocenters. The number of hydrogen-bond donors (Lipinski definition) is 2. The second-order valence-corrected chi connectivity index (χ2v) is 7.62. The Hall–Kier alpha value is -0.930. The fourth-order valence-electron chi connectivity index (χ4n) is 3.93. The summed E-state index contributed by atoms with van der Waals surface area (Å²) in [5, 5.41) is 14.9. The van der Waals surface area contributed by atoms with Gasteiger partial charge in [0.05, 0.1) is 24.9 Å². The number of rotatable bonds is 6. The number of carbonyl (C=O) groups is 1. The molecule has 2 aliphatic heterocycles. The number of carbonyl (C=O) groups excluding carboxylic acids is 1. The Balaban J connectivity index is 0.00000196. The lowest BCUT2D eigenvalue weighted by Gasteiger charge is -2.36. The van der Waals surface area contributed by atoms with E-state index in [0.29, 0.717) is 30.2 Å². The zero-order valence-corrected chi connectivity index (χ0v) is 18.7. The first kappa shape index (κ1) is 25.1. The van der Waals surface area contributed by atoms with Crippen LogP contribution in [0.2, 0.25) is 0 Å². The molecule has 2 N–H and O–H groups in total. The van der Waals surface area contributed by atoms with E-state index in [1.54, 1.807) is 0 Å². The van der Waals surface area contributed by atoms with Crippen LogP contribution in [0, 0.1) is 12.8 Å². The Morgan fingerprint density at radius 3 is 2.50 bits per heavy atom. The first-order valence-electron chi connectivity index (χ1n) is 9.80. The zero-order chi connectivity index (χ0) is 18.5. The molecule has 3 rings (SSSR count). The molecule has 8 nitrogen and oxygen atoms in total. The lowest BCUT2D eigenvalue weighted by Crippen LogP contribution is -2.51. The standard InChI is InChI=1S/C18H32N6O2.2ClH/c1-13(2)16(23-8-10-26-11-9-23)12-20-18(25)17-14(3)24(22-21-17)15-4-6-19-7-5-15;;/h13,15-16,19H,4-12H2,1-3H3,(H,20,25);2*1H. The lowest BCUT2D eigenvalue weighted by molar-refractivity contribution is 0.00671. The monoisotopic (exact) mass is 436 g/mol. The van der Waals surface area contributed by atoms with Crippen molar-refractivity contribution in [3.05, 3.63) is 11.4 Å². The van der Waals surface area contributed by atoms with Gasteiger partial charge in [-0.3, -0.25) is 9.69 Å². The topological polar surface area (TPSA) is 84.3 Å². The van der Waals surface area contributed by atoms with Gasteiger partial charge < -0.3 is 15.4 Å². The number of amides is 1. The highest BCUT2D eigenvalue weighted by atomic mass is 35.5. The quantitative estimate of drug-likeness (QED) is 0.701. The largest absolute Gasteiger partial charge is 0.379 e. The molecule has 0 saturated carbocycles. The fraction of sp³-hybridized carbons (Fsp3) is 0.833. The summed E-state index contributed by atoms with van der Waals surface area (Å²) >= 11 is 0. The van der Waals surface area contributed by atoms with Crippen molar-refractivity contribution in [2.75, 3.05) is 45.9 Å². The molecule has 0 aliphatic carbocycles. The molecule has 0 aromatic carbocycles.